The van der Waals surface area contributed by atoms with Crippen LogP contribution in [0.1, 0.15) is 67.2 Å². The molecule has 1 aromatic carbocycles. The van der Waals surface area contributed by atoms with Crippen molar-refractivity contribution in [2.24, 2.45) is 0 Å². The Morgan fingerprint density at radius 1 is 1.09 bits per heavy atom. The molecule has 172 valence electrons. The second-order valence-corrected chi connectivity index (χ2v) is 8.77. The Morgan fingerprint density at radius 2 is 1.78 bits per heavy atom. The highest BCUT2D eigenvalue weighted by Gasteiger charge is 2.44. The van der Waals surface area contributed by atoms with Crippen LogP contribution in [0.15, 0.2) is 18.2 Å². The van der Waals surface area contributed by atoms with Gasteiger partial charge >= 0.3 is 6.09 Å². The largest absolute Gasteiger partial charge is 0.444 e. The van der Waals surface area contributed by atoms with Crippen LogP contribution in [0.2, 0.25) is 0 Å². The fourth-order valence-electron chi connectivity index (χ4n) is 3.57. The van der Waals surface area contributed by atoms with Gasteiger partial charge in [0.15, 0.2) is 0 Å². The van der Waals surface area contributed by atoms with E-state index in [0.717, 1.165) is 17.7 Å². The molecule has 10 heteroatoms. The van der Waals surface area contributed by atoms with Crippen LogP contribution in [0.4, 0.5) is 10.5 Å². The Balaban J connectivity index is 1.50. The third-order valence-corrected chi connectivity index (χ3v) is 5.04. The van der Waals surface area contributed by atoms with E-state index in [1.54, 1.807) is 39.0 Å². The molecule has 3 rings (SSSR count). The van der Waals surface area contributed by atoms with E-state index in [1.165, 1.54) is 0 Å². The SMILES string of the molecule is CC(C)(C)OC(=O)NCCCCNc1ccc2c(c1)C(=O)N([C@H]1CCC(=O)NC1=O)C2=O. The molecule has 0 unspecified atom stereocenters. The molecular weight excluding hydrogens is 416 g/mol. The molecule has 0 bridgehead atoms. The van der Waals surface area contributed by atoms with Crippen molar-refractivity contribution in [2.75, 3.05) is 18.4 Å². The zero-order valence-corrected chi connectivity index (χ0v) is 18.4. The van der Waals surface area contributed by atoms with Crippen molar-refractivity contribution >= 4 is 35.4 Å². The summed E-state index contributed by atoms with van der Waals surface area (Å²) in [7, 11) is 0. The maximum atomic E-state index is 12.8. The van der Waals surface area contributed by atoms with E-state index in [4.69, 9.17) is 4.74 Å². The number of carbonyl (C=O) groups excluding carboxylic acids is 5. The number of fused-ring (bicyclic) bond motifs is 1. The maximum absolute atomic E-state index is 12.8. The molecule has 0 spiro atoms. The number of rotatable bonds is 7. The number of amides is 5. The van der Waals surface area contributed by atoms with Crippen LogP contribution < -0.4 is 16.0 Å². The van der Waals surface area contributed by atoms with Gasteiger partial charge in [-0.15, -0.1) is 0 Å². The number of hydrogen-bond acceptors (Lipinski definition) is 7. The van der Waals surface area contributed by atoms with Crippen LogP contribution in [-0.4, -0.2) is 59.4 Å². The van der Waals surface area contributed by atoms with Crippen molar-refractivity contribution in [2.45, 2.75) is 58.1 Å². The number of imide groups is 2. The summed E-state index contributed by atoms with van der Waals surface area (Å²) in [5.74, 6) is -2.10. The smallest absolute Gasteiger partial charge is 0.407 e. The normalized spacial score (nSPS) is 18.3. The number of benzene rings is 1. The zero-order chi connectivity index (χ0) is 23.5. The number of alkyl carbamates (subject to hydrolysis) is 1. The van der Waals surface area contributed by atoms with Gasteiger partial charge in [0.25, 0.3) is 11.8 Å². The molecule has 5 amide bonds. The average Bonchev–Trinajstić information content (AvgIpc) is 2.94. The Hall–Kier alpha value is -3.43. The molecule has 0 aliphatic carbocycles. The monoisotopic (exact) mass is 444 g/mol. The highest BCUT2D eigenvalue weighted by molar-refractivity contribution is 6.23. The second kappa shape index (κ2) is 9.37. The molecule has 2 aliphatic rings. The number of unbranched alkanes of at least 4 members (excludes halogenated alkanes) is 1. The van der Waals surface area contributed by atoms with Gasteiger partial charge in [0.2, 0.25) is 11.8 Å². The lowest BCUT2D eigenvalue weighted by Crippen LogP contribution is -2.54. The number of nitrogens with zero attached hydrogens (tertiary/aromatic N) is 1. The summed E-state index contributed by atoms with van der Waals surface area (Å²) >= 11 is 0. The zero-order valence-electron chi connectivity index (χ0n) is 18.4. The molecule has 2 heterocycles. The molecule has 0 aromatic heterocycles. The van der Waals surface area contributed by atoms with Gasteiger partial charge in [-0.1, -0.05) is 0 Å². The molecule has 1 fully saturated rings. The second-order valence-electron chi connectivity index (χ2n) is 8.77. The van der Waals surface area contributed by atoms with Crippen LogP contribution >= 0.6 is 0 Å². The van der Waals surface area contributed by atoms with Crippen molar-refractivity contribution in [3.8, 4) is 0 Å². The van der Waals surface area contributed by atoms with Gasteiger partial charge in [0, 0.05) is 25.2 Å². The standard InChI is InChI=1S/C22H28N4O6/c1-22(2,3)32-21(31)24-11-5-4-10-23-13-6-7-14-15(12-13)20(30)26(19(14)29)16-8-9-17(27)25-18(16)28/h6-7,12,16,23H,4-5,8-11H2,1-3H3,(H,24,31)(H,25,27,28)/t16-/m0/s1. The number of piperidine rings is 1. The van der Waals surface area contributed by atoms with E-state index in [9.17, 15) is 24.0 Å². The fraction of sp³-hybridized carbons (Fsp3) is 0.500. The first-order valence-electron chi connectivity index (χ1n) is 10.6. The Bertz CT molecular complexity index is 952. The molecule has 2 aliphatic heterocycles. The summed E-state index contributed by atoms with van der Waals surface area (Å²) in [6, 6.07) is 3.89. The van der Waals surface area contributed by atoms with Gasteiger partial charge in [-0.05, 0) is 58.2 Å². The van der Waals surface area contributed by atoms with Crippen molar-refractivity contribution in [3.05, 3.63) is 29.3 Å². The van der Waals surface area contributed by atoms with E-state index < -0.39 is 41.4 Å². The van der Waals surface area contributed by atoms with E-state index in [0.29, 0.717) is 18.8 Å². The van der Waals surface area contributed by atoms with Crippen LogP contribution in [0, 0.1) is 0 Å². The lowest BCUT2D eigenvalue weighted by atomic mass is 10.0. The van der Waals surface area contributed by atoms with E-state index >= 15 is 0 Å². The minimum Gasteiger partial charge on any atom is -0.444 e. The summed E-state index contributed by atoms with van der Waals surface area (Å²) in [6.07, 6.45) is 1.26. The Kier molecular flexibility index (Phi) is 6.81. The predicted octanol–water partition coefficient (Wildman–Crippen LogP) is 1.80. The fourth-order valence-corrected chi connectivity index (χ4v) is 3.57. The molecule has 1 saturated heterocycles. The summed E-state index contributed by atoms with van der Waals surface area (Å²) in [6.45, 7) is 6.49. The molecule has 32 heavy (non-hydrogen) atoms. The van der Waals surface area contributed by atoms with Gasteiger partial charge in [-0.2, -0.15) is 0 Å². The minimum absolute atomic E-state index is 0.0827. The van der Waals surface area contributed by atoms with Crippen LogP contribution in [0.25, 0.3) is 0 Å². The van der Waals surface area contributed by atoms with E-state index in [2.05, 4.69) is 16.0 Å². The Labute approximate surface area is 186 Å². The van der Waals surface area contributed by atoms with Crippen molar-refractivity contribution in [1.29, 1.82) is 0 Å². The molecule has 1 aromatic rings. The molecule has 1 atom stereocenters. The molecular formula is C22H28N4O6. The van der Waals surface area contributed by atoms with Crippen molar-refractivity contribution < 1.29 is 28.7 Å². The first kappa shape index (κ1) is 23.2. The maximum Gasteiger partial charge on any atom is 0.407 e. The number of carbonyl (C=O) groups is 5. The number of nitrogens with one attached hydrogen (secondary N) is 3. The number of hydrogen-bond donors (Lipinski definition) is 3. The van der Waals surface area contributed by atoms with Crippen LogP contribution in [-0.2, 0) is 14.3 Å². The topological polar surface area (TPSA) is 134 Å². The molecule has 0 saturated carbocycles. The third-order valence-electron chi connectivity index (χ3n) is 5.04. The summed E-state index contributed by atoms with van der Waals surface area (Å²) in [5, 5.41) is 8.07. The first-order valence-corrected chi connectivity index (χ1v) is 10.6. The molecule has 10 nitrogen and oxygen atoms in total. The minimum atomic E-state index is -0.978. The van der Waals surface area contributed by atoms with Gasteiger partial charge in [0.05, 0.1) is 11.1 Å². The van der Waals surface area contributed by atoms with Gasteiger partial charge in [0.1, 0.15) is 11.6 Å². The lowest BCUT2D eigenvalue weighted by Gasteiger charge is -2.27. The number of ether oxygens (including phenoxy) is 1. The Morgan fingerprint density at radius 3 is 2.47 bits per heavy atom. The number of anilines is 1. The van der Waals surface area contributed by atoms with Gasteiger partial charge < -0.3 is 15.4 Å². The quantitative estimate of drug-likeness (QED) is 0.431. The predicted molar refractivity (Wildman–Crippen MR) is 115 cm³/mol. The van der Waals surface area contributed by atoms with Crippen molar-refractivity contribution in [3.63, 3.8) is 0 Å². The van der Waals surface area contributed by atoms with Crippen LogP contribution in [0.5, 0.6) is 0 Å². The van der Waals surface area contributed by atoms with E-state index in [-0.39, 0.29) is 24.0 Å². The summed E-state index contributed by atoms with van der Waals surface area (Å²) < 4.78 is 5.17. The van der Waals surface area contributed by atoms with E-state index in [1.807, 2.05) is 0 Å². The highest BCUT2D eigenvalue weighted by Crippen LogP contribution is 2.29. The average molecular weight is 444 g/mol. The lowest BCUT2D eigenvalue weighted by molar-refractivity contribution is -0.136. The third kappa shape index (κ3) is 5.43. The first-order chi connectivity index (χ1) is 15.1. The van der Waals surface area contributed by atoms with Crippen LogP contribution in [0.3, 0.4) is 0 Å². The summed E-state index contributed by atoms with van der Waals surface area (Å²) in [4.78, 5) is 61.5. The summed E-state index contributed by atoms with van der Waals surface area (Å²) in [5.41, 5.74) is 0.615. The van der Waals surface area contributed by atoms with Crippen molar-refractivity contribution in [1.82, 2.24) is 15.5 Å². The molecule has 0 radical (unpaired) electrons. The highest BCUT2D eigenvalue weighted by atomic mass is 16.6. The van der Waals surface area contributed by atoms with Gasteiger partial charge in [-0.3, -0.25) is 29.4 Å². The molecule has 3 N–H and O–H groups in total. The van der Waals surface area contributed by atoms with Gasteiger partial charge in [-0.25, -0.2) is 4.79 Å².